The highest BCUT2D eigenvalue weighted by Crippen LogP contribution is 2.32. The fourth-order valence-electron chi connectivity index (χ4n) is 3.95. The number of benzene rings is 1. The van der Waals surface area contributed by atoms with E-state index >= 15 is 0 Å². The van der Waals surface area contributed by atoms with Crippen molar-refractivity contribution in [3.8, 4) is 0 Å². The van der Waals surface area contributed by atoms with E-state index in [1.165, 1.54) is 11.1 Å². The largest absolute Gasteiger partial charge is 0.343 e. The van der Waals surface area contributed by atoms with E-state index in [0.29, 0.717) is 12.3 Å². The molecule has 1 fully saturated rings. The molecule has 1 aromatic heterocycles. The molecule has 0 atom stereocenters. The summed E-state index contributed by atoms with van der Waals surface area (Å²) >= 11 is 5.96. The number of aromatic nitrogens is 2. The van der Waals surface area contributed by atoms with E-state index < -0.39 is 0 Å². The molecule has 1 aromatic carbocycles. The maximum absolute atomic E-state index is 12.8. The van der Waals surface area contributed by atoms with Crippen LogP contribution in [0, 0.1) is 12.3 Å². The number of rotatable bonds is 5. The molecule has 0 spiro atoms. The van der Waals surface area contributed by atoms with Crippen molar-refractivity contribution in [3.05, 3.63) is 52.3 Å². The monoisotopic (exact) mass is 373 g/mol. The van der Waals surface area contributed by atoms with Gasteiger partial charge in [0.05, 0.1) is 6.20 Å². The third-order valence-electron chi connectivity index (χ3n) is 5.38. The Morgan fingerprint density at radius 1 is 1.27 bits per heavy atom. The molecule has 1 N–H and O–H groups in total. The van der Waals surface area contributed by atoms with Crippen LogP contribution >= 0.6 is 11.6 Å². The summed E-state index contributed by atoms with van der Waals surface area (Å²) in [5.74, 6) is 0.784. The first-order valence-electron chi connectivity index (χ1n) is 9.36. The van der Waals surface area contributed by atoms with E-state index in [-0.39, 0.29) is 11.3 Å². The van der Waals surface area contributed by atoms with Gasteiger partial charge in [-0.1, -0.05) is 37.6 Å². The van der Waals surface area contributed by atoms with Crippen LogP contribution in [0.4, 0.5) is 0 Å². The van der Waals surface area contributed by atoms with Crippen molar-refractivity contribution in [2.24, 2.45) is 5.41 Å². The van der Waals surface area contributed by atoms with Gasteiger partial charge in [0, 0.05) is 30.2 Å². The number of aryl methyl sites for hydroxylation is 1. The van der Waals surface area contributed by atoms with Gasteiger partial charge in [-0.3, -0.25) is 9.89 Å². The van der Waals surface area contributed by atoms with Crippen molar-refractivity contribution >= 4 is 17.5 Å². The molecule has 2 aromatic rings. The molecule has 140 valence electrons. The van der Waals surface area contributed by atoms with Crippen molar-refractivity contribution < 1.29 is 4.79 Å². The molecule has 0 unspecified atom stereocenters. The second-order valence-corrected chi connectivity index (χ2v) is 8.69. The van der Waals surface area contributed by atoms with Crippen molar-refractivity contribution in [1.29, 1.82) is 0 Å². The van der Waals surface area contributed by atoms with E-state index in [2.05, 4.69) is 31.0 Å². The van der Waals surface area contributed by atoms with Gasteiger partial charge in [0.2, 0.25) is 5.91 Å². The van der Waals surface area contributed by atoms with Crippen LogP contribution in [0.25, 0.3) is 0 Å². The number of amides is 1. The number of carbonyl (C=O) groups is 1. The highest BCUT2D eigenvalue weighted by Gasteiger charge is 2.29. The second-order valence-electron chi connectivity index (χ2n) is 8.25. The normalized spacial score (nSPS) is 16.1. The lowest BCUT2D eigenvalue weighted by molar-refractivity contribution is -0.134. The topological polar surface area (TPSA) is 49.0 Å². The molecular weight excluding hydrogens is 346 g/mol. The fourth-order valence-corrected chi connectivity index (χ4v) is 4.08. The van der Waals surface area contributed by atoms with Crippen molar-refractivity contribution in [2.45, 2.75) is 52.4 Å². The second kappa shape index (κ2) is 7.83. The summed E-state index contributed by atoms with van der Waals surface area (Å²) in [6.07, 6.45) is 5.42. The molecule has 0 bridgehead atoms. The van der Waals surface area contributed by atoms with Crippen LogP contribution < -0.4 is 0 Å². The van der Waals surface area contributed by atoms with Gasteiger partial charge in [-0.05, 0) is 60.8 Å². The predicted molar refractivity (Wildman–Crippen MR) is 105 cm³/mol. The van der Waals surface area contributed by atoms with Gasteiger partial charge in [-0.2, -0.15) is 5.10 Å². The number of nitrogens with zero attached hydrogens (tertiary/aromatic N) is 2. The first kappa shape index (κ1) is 19.0. The highest BCUT2D eigenvalue weighted by atomic mass is 35.5. The lowest BCUT2D eigenvalue weighted by Gasteiger charge is -2.34. The molecule has 0 radical (unpaired) electrons. The molecule has 2 heterocycles. The van der Waals surface area contributed by atoms with E-state index in [4.69, 9.17) is 11.6 Å². The minimum absolute atomic E-state index is 0.0666. The van der Waals surface area contributed by atoms with Crippen molar-refractivity contribution in [2.75, 3.05) is 13.1 Å². The number of hydrogen-bond donors (Lipinski definition) is 1. The number of carbonyl (C=O) groups excluding carboxylic acids is 1. The van der Waals surface area contributed by atoms with Gasteiger partial charge in [0.15, 0.2) is 0 Å². The molecule has 0 saturated carbocycles. The van der Waals surface area contributed by atoms with E-state index in [0.717, 1.165) is 43.1 Å². The highest BCUT2D eigenvalue weighted by molar-refractivity contribution is 6.30. The third-order valence-corrected chi connectivity index (χ3v) is 5.63. The Kier molecular flexibility index (Phi) is 5.71. The molecule has 0 aliphatic carbocycles. The van der Waals surface area contributed by atoms with Gasteiger partial charge in [0.25, 0.3) is 0 Å². The van der Waals surface area contributed by atoms with Gasteiger partial charge < -0.3 is 4.90 Å². The number of nitrogens with one attached hydrogen (secondary N) is 1. The molecule has 1 aliphatic heterocycles. The number of likely N-dealkylation sites (tertiary alicyclic amines) is 1. The molecule has 1 saturated heterocycles. The number of aromatic amines is 1. The number of piperidine rings is 1. The Morgan fingerprint density at radius 2 is 1.92 bits per heavy atom. The zero-order valence-corrected chi connectivity index (χ0v) is 16.6. The minimum atomic E-state index is -0.0666. The van der Waals surface area contributed by atoms with E-state index in [1.807, 2.05) is 35.4 Å². The Bertz CT molecular complexity index is 743. The van der Waals surface area contributed by atoms with Crippen molar-refractivity contribution in [3.63, 3.8) is 0 Å². The lowest BCUT2D eigenvalue weighted by atomic mass is 9.81. The summed E-state index contributed by atoms with van der Waals surface area (Å²) < 4.78 is 0. The first-order chi connectivity index (χ1) is 12.3. The Labute approximate surface area is 160 Å². The molecule has 5 heteroatoms. The van der Waals surface area contributed by atoms with Crippen LogP contribution in [0.1, 0.15) is 55.8 Å². The standard InChI is InChI=1S/C21H28ClN3O/c1-15-19(14-23-24-15)17-8-10-25(11-9-17)20(26)13-21(2,3)12-16-4-6-18(22)7-5-16/h4-7,14,17H,8-13H2,1-3H3,(H,23,24). The minimum Gasteiger partial charge on any atom is -0.343 e. The van der Waals surface area contributed by atoms with E-state index in [1.54, 1.807) is 0 Å². The van der Waals surface area contributed by atoms with Crippen LogP contribution in [0.2, 0.25) is 5.02 Å². The smallest absolute Gasteiger partial charge is 0.223 e. The maximum Gasteiger partial charge on any atom is 0.223 e. The molecular formula is C21H28ClN3O. The third kappa shape index (κ3) is 4.67. The SMILES string of the molecule is Cc1[nH]ncc1C1CCN(C(=O)CC(C)(C)Cc2ccc(Cl)cc2)CC1. The molecule has 26 heavy (non-hydrogen) atoms. The quantitative estimate of drug-likeness (QED) is 0.823. The fraction of sp³-hybridized carbons (Fsp3) is 0.524. The Morgan fingerprint density at radius 3 is 2.50 bits per heavy atom. The summed E-state index contributed by atoms with van der Waals surface area (Å²) in [5.41, 5.74) is 3.61. The Hall–Kier alpha value is -1.81. The summed E-state index contributed by atoms with van der Waals surface area (Å²) in [7, 11) is 0. The zero-order valence-electron chi connectivity index (χ0n) is 15.9. The predicted octanol–water partition coefficient (Wildman–Crippen LogP) is 4.74. The van der Waals surface area contributed by atoms with Crippen molar-refractivity contribution in [1.82, 2.24) is 15.1 Å². The number of H-pyrrole nitrogens is 1. The van der Waals surface area contributed by atoms with E-state index in [9.17, 15) is 4.79 Å². The molecule has 1 amide bonds. The van der Waals surface area contributed by atoms with Crippen LogP contribution in [0.15, 0.2) is 30.5 Å². The van der Waals surface area contributed by atoms with Crippen LogP contribution in [-0.4, -0.2) is 34.1 Å². The Balaban J connectivity index is 1.53. The maximum atomic E-state index is 12.8. The molecule has 1 aliphatic rings. The summed E-state index contributed by atoms with van der Waals surface area (Å²) in [5, 5.41) is 7.90. The summed E-state index contributed by atoms with van der Waals surface area (Å²) in [6, 6.07) is 7.93. The average Bonchev–Trinajstić information content (AvgIpc) is 3.02. The van der Waals surface area contributed by atoms with Crippen LogP contribution in [0.3, 0.4) is 0 Å². The van der Waals surface area contributed by atoms with Crippen LogP contribution in [0.5, 0.6) is 0 Å². The van der Waals surface area contributed by atoms with Gasteiger partial charge >= 0.3 is 0 Å². The molecule has 3 rings (SSSR count). The van der Waals surface area contributed by atoms with Crippen LogP contribution in [-0.2, 0) is 11.2 Å². The van der Waals surface area contributed by atoms with Gasteiger partial charge in [0.1, 0.15) is 0 Å². The lowest BCUT2D eigenvalue weighted by Crippen LogP contribution is -2.40. The zero-order chi connectivity index (χ0) is 18.7. The van der Waals surface area contributed by atoms with Gasteiger partial charge in [-0.25, -0.2) is 0 Å². The summed E-state index contributed by atoms with van der Waals surface area (Å²) in [6.45, 7) is 8.08. The number of halogens is 1. The summed E-state index contributed by atoms with van der Waals surface area (Å²) in [4.78, 5) is 14.8. The molecule has 4 nitrogen and oxygen atoms in total. The average molecular weight is 374 g/mol. The number of hydrogen-bond acceptors (Lipinski definition) is 2. The van der Waals surface area contributed by atoms with Gasteiger partial charge in [-0.15, -0.1) is 0 Å². The first-order valence-corrected chi connectivity index (χ1v) is 9.74.